The van der Waals surface area contributed by atoms with E-state index in [2.05, 4.69) is 0 Å². The van der Waals surface area contributed by atoms with Crippen molar-refractivity contribution in [1.29, 1.82) is 0 Å². The number of rotatable bonds is 7. The summed E-state index contributed by atoms with van der Waals surface area (Å²) < 4.78 is 26.8. The molecule has 1 aromatic rings. The molecule has 20 heavy (non-hydrogen) atoms. The summed E-state index contributed by atoms with van der Waals surface area (Å²) in [4.78, 5) is 0.0361. The zero-order valence-corrected chi connectivity index (χ0v) is 14.0. The van der Waals surface area contributed by atoms with E-state index in [0.29, 0.717) is 23.7 Å². The summed E-state index contributed by atoms with van der Waals surface area (Å²) in [7, 11) is -3.65. The van der Waals surface area contributed by atoms with Gasteiger partial charge in [-0.25, -0.2) is 8.42 Å². The lowest BCUT2D eigenvalue weighted by atomic mass is 10.2. The van der Waals surface area contributed by atoms with Crippen LogP contribution in [0, 0.1) is 0 Å². The molecule has 0 aliphatic carbocycles. The molecule has 0 spiro atoms. The Kier molecular flexibility index (Phi) is 6.75. The van der Waals surface area contributed by atoms with Crippen molar-refractivity contribution >= 4 is 33.2 Å². The summed E-state index contributed by atoms with van der Waals surface area (Å²) in [5.74, 6) is 0. The quantitative estimate of drug-likeness (QED) is 0.829. The molecule has 0 bridgehead atoms. The predicted octanol–water partition coefficient (Wildman–Crippen LogP) is 3.26. The molecule has 0 saturated heterocycles. The summed E-state index contributed by atoms with van der Waals surface area (Å²) in [5, 5.41) is 0.482. The van der Waals surface area contributed by atoms with Crippen molar-refractivity contribution in [3.8, 4) is 0 Å². The van der Waals surface area contributed by atoms with Gasteiger partial charge in [-0.1, -0.05) is 37.0 Å². The van der Waals surface area contributed by atoms with Crippen LogP contribution in [0.1, 0.15) is 32.3 Å². The minimum atomic E-state index is -3.65. The first-order valence-electron chi connectivity index (χ1n) is 6.56. The molecule has 0 atom stereocenters. The van der Waals surface area contributed by atoms with E-state index in [4.69, 9.17) is 28.9 Å². The highest BCUT2D eigenvalue weighted by molar-refractivity contribution is 7.89. The summed E-state index contributed by atoms with van der Waals surface area (Å²) in [6, 6.07) is 2.98. The number of nitrogens with two attached hydrogens (primary N) is 1. The summed E-state index contributed by atoms with van der Waals surface area (Å²) >= 11 is 12.1. The Morgan fingerprint density at radius 3 is 2.15 bits per heavy atom. The number of halogens is 2. The van der Waals surface area contributed by atoms with Crippen molar-refractivity contribution in [3.05, 3.63) is 27.7 Å². The van der Waals surface area contributed by atoms with E-state index in [0.717, 1.165) is 12.8 Å². The maximum absolute atomic E-state index is 12.7. The van der Waals surface area contributed by atoms with Crippen molar-refractivity contribution < 1.29 is 8.42 Å². The first-order valence-corrected chi connectivity index (χ1v) is 8.76. The molecule has 0 amide bonds. The van der Waals surface area contributed by atoms with Crippen LogP contribution < -0.4 is 5.73 Å². The zero-order valence-electron chi connectivity index (χ0n) is 11.7. The Bertz CT molecular complexity index is 556. The molecule has 0 heterocycles. The molecule has 4 nitrogen and oxygen atoms in total. The van der Waals surface area contributed by atoms with Gasteiger partial charge in [0.05, 0.1) is 5.02 Å². The molecule has 7 heteroatoms. The number of sulfonamides is 1. The Morgan fingerprint density at radius 2 is 1.70 bits per heavy atom. The minimum Gasteiger partial charge on any atom is -0.326 e. The molecule has 0 unspecified atom stereocenters. The van der Waals surface area contributed by atoms with Crippen LogP contribution in [0.2, 0.25) is 10.0 Å². The monoisotopic (exact) mass is 338 g/mol. The fraction of sp³-hybridized carbons (Fsp3) is 0.538. The normalized spacial score (nSPS) is 12.1. The highest BCUT2D eigenvalue weighted by atomic mass is 35.5. The third kappa shape index (κ3) is 3.86. The molecule has 114 valence electrons. The average Bonchev–Trinajstić information content (AvgIpc) is 2.40. The minimum absolute atomic E-state index is 0.0361. The van der Waals surface area contributed by atoms with E-state index in [1.807, 2.05) is 13.8 Å². The molecular weight excluding hydrogens is 319 g/mol. The zero-order chi connectivity index (χ0) is 15.3. The lowest BCUT2D eigenvalue weighted by Gasteiger charge is -2.22. The van der Waals surface area contributed by atoms with Gasteiger partial charge in [0, 0.05) is 24.7 Å². The van der Waals surface area contributed by atoms with Crippen molar-refractivity contribution in [2.75, 3.05) is 13.1 Å². The van der Waals surface area contributed by atoms with E-state index >= 15 is 0 Å². The van der Waals surface area contributed by atoms with Gasteiger partial charge in [0.25, 0.3) is 0 Å². The van der Waals surface area contributed by atoms with Gasteiger partial charge >= 0.3 is 0 Å². The van der Waals surface area contributed by atoms with Crippen LogP contribution in [0.25, 0.3) is 0 Å². The fourth-order valence-electron chi connectivity index (χ4n) is 1.94. The van der Waals surface area contributed by atoms with Crippen LogP contribution in [-0.4, -0.2) is 25.8 Å². The van der Waals surface area contributed by atoms with Crippen LogP contribution in [0.4, 0.5) is 0 Å². The van der Waals surface area contributed by atoms with Crippen LogP contribution in [-0.2, 0) is 16.6 Å². The number of hydrogen-bond donors (Lipinski definition) is 1. The molecule has 0 aromatic heterocycles. The summed E-state index contributed by atoms with van der Waals surface area (Å²) in [6.07, 6.45) is 1.47. The molecule has 0 saturated carbocycles. The van der Waals surface area contributed by atoms with Crippen LogP contribution in [0.3, 0.4) is 0 Å². The molecular formula is C13H20Cl2N2O2S. The largest absolute Gasteiger partial charge is 0.326 e. The SMILES string of the molecule is CCCN(CCC)S(=O)(=O)c1cc(Cl)cc(CN)c1Cl. The van der Waals surface area contributed by atoms with E-state index < -0.39 is 10.0 Å². The Hall–Kier alpha value is -0.330. The molecule has 0 radical (unpaired) electrons. The third-order valence-corrected chi connectivity index (χ3v) is 5.56. The van der Waals surface area contributed by atoms with Crippen molar-refractivity contribution in [3.63, 3.8) is 0 Å². The van der Waals surface area contributed by atoms with E-state index in [1.165, 1.54) is 10.4 Å². The van der Waals surface area contributed by atoms with E-state index in [9.17, 15) is 8.42 Å². The highest BCUT2D eigenvalue weighted by Gasteiger charge is 2.27. The van der Waals surface area contributed by atoms with Gasteiger partial charge in [-0.2, -0.15) is 4.31 Å². The second-order valence-corrected chi connectivity index (χ2v) is 7.21. The first kappa shape index (κ1) is 17.7. The van der Waals surface area contributed by atoms with Crippen molar-refractivity contribution in [1.82, 2.24) is 4.31 Å². The lowest BCUT2D eigenvalue weighted by Crippen LogP contribution is -2.33. The smallest absolute Gasteiger partial charge is 0.244 e. The second kappa shape index (κ2) is 7.61. The lowest BCUT2D eigenvalue weighted by molar-refractivity contribution is 0.410. The maximum Gasteiger partial charge on any atom is 0.244 e. The molecule has 2 N–H and O–H groups in total. The van der Waals surface area contributed by atoms with E-state index in [1.54, 1.807) is 6.07 Å². The van der Waals surface area contributed by atoms with Crippen LogP contribution in [0.5, 0.6) is 0 Å². The van der Waals surface area contributed by atoms with Gasteiger partial charge in [-0.05, 0) is 30.5 Å². The van der Waals surface area contributed by atoms with Gasteiger partial charge in [-0.15, -0.1) is 0 Å². The molecule has 0 aliphatic rings. The van der Waals surface area contributed by atoms with Crippen LogP contribution >= 0.6 is 23.2 Å². The molecule has 1 rings (SSSR count). The van der Waals surface area contributed by atoms with Crippen LogP contribution in [0.15, 0.2) is 17.0 Å². The molecule has 0 fully saturated rings. The number of nitrogens with zero attached hydrogens (tertiary/aromatic N) is 1. The first-order chi connectivity index (χ1) is 9.38. The van der Waals surface area contributed by atoms with Gasteiger partial charge in [0.2, 0.25) is 10.0 Å². The molecule has 0 aliphatic heterocycles. The Morgan fingerprint density at radius 1 is 1.15 bits per heavy atom. The average molecular weight is 339 g/mol. The van der Waals surface area contributed by atoms with Crippen molar-refractivity contribution in [2.45, 2.75) is 38.1 Å². The maximum atomic E-state index is 12.7. The summed E-state index contributed by atoms with van der Waals surface area (Å²) in [6.45, 7) is 4.92. The molecule has 1 aromatic carbocycles. The van der Waals surface area contributed by atoms with Gasteiger partial charge in [-0.3, -0.25) is 0 Å². The fourth-order valence-corrected chi connectivity index (χ4v) is 4.49. The van der Waals surface area contributed by atoms with Crippen molar-refractivity contribution in [2.24, 2.45) is 5.73 Å². The highest BCUT2D eigenvalue weighted by Crippen LogP contribution is 2.31. The van der Waals surface area contributed by atoms with Gasteiger partial charge in [0.15, 0.2) is 0 Å². The predicted molar refractivity (Wildman–Crippen MR) is 83.7 cm³/mol. The van der Waals surface area contributed by atoms with Gasteiger partial charge in [0.1, 0.15) is 4.90 Å². The topological polar surface area (TPSA) is 63.4 Å². The number of hydrogen-bond acceptors (Lipinski definition) is 3. The third-order valence-electron chi connectivity index (χ3n) is 2.86. The Balaban J connectivity index is 3.36. The standard InChI is InChI=1S/C13H20Cl2N2O2S/c1-3-5-17(6-4-2)20(18,19)12-8-11(14)7-10(9-16)13(12)15/h7-8H,3-6,9,16H2,1-2H3. The second-order valence-electron chi connectivity index (χ2n) is 4.49. The number of benzene rings is 1. The van der Waals surface area contributed by atoms with Gasteiger partial charge < -0.3 is 5.73 Å². The van der Waals surface area contributed by atoms with E-state index in [-0.39, 0.29) is 16.5 Å². The Labute approximate surface area is 130 Å². The summed E-state index contributed by atoms with van der Waals surface area (Å²) in [5.41, 5.74) is 6.11.